The van der Waals surface area contributed by atoms with Gasteiger partial charge in [-0.15, -0.1) is 11.3 Å². The third kappa shape index (κ3) is 3.53. The van der Waals surface area contributed by atoms with Crippen molar-refractivity contribution in [3.63, 3.8) is 0 Å². The topological polar surface area (TPSA) is 54.2 Å². The number of benzene rings is 1. The molecule has 0 amide bonds. The Bertz CT molecular complexity index is 1200. The van der Waals surface area contributed by atoms with Gasteiger partial charge in [-0.2, -0.15) is 0 Å². The molecule has 0 saturated carbocycles. The van der Waals surface area contributed by atoms with Crippen molar-refractivity contribution in [3.05, 3.63) is 82.3 Å². The van der Waals surface area contributed by atoms with Crippen LogP contribution in [0.5, 0.6) is 5.75 Å². The van der Waals surface area contributed by atoms with Crippen LogP contribution in [0.2, 0.25) is 0 Å². The maximum atomic E-state index is 9.86. The number of thiophene rings is 1. The summed E-state index contributed by atoms with van der Waals surface area (Å²) in [5.41, 5.74) is 7.10. The molecular formula is C24H24N4OS. The van der Waals surface area contributed by atoms with Crippen LogP contribution in [-0.4, -0.2) is 31.1 Å². The highest BCUT2D eigenvalue weighted by atomic mass is 32.1. The second-order valence-corrected chi connectivity index (χ2v) is 8.80. The van der Waals surface area contributed by atoms with Gasteiger partial charge in [0.15, 0.2) is 5.82 Å². The Kier molecular flexibility index (Phi) is 4.89. The highest BCUT2D eigenvalue weighted by Crippen LogP contribution is 2.27. The lowest BCUT2D eigenvalue weighted by Crippen LogP contribution is -2.31. The minimum atomic E-state index is 0.288. The van der Waals surface area contributed by atoms with Crippen LogP contribution < -0.4 is 0 Å². The fourth-order valence-electron chi connectivity index (χ4n) is 4.29. The van der Waals surface area contributed by atoms with Gasteiger partial charge in [0.25, 0.3) is 0 Å². The summed E-state index contributed by atoms with van der Waals surface area (Å²) in [6, 6.07) is 13.8. The lowest BCUT2D eigenvalue weighted by Gasteiger charge is -2.28. The van der Waals surface area contributed by atoms with Crippen molar-refractivity contribution < 1.29 is 5.11 Å². The van der Waals surface area contributed by atoms with Crippen LogP contribution in [0.1, 0.15) is 28.2 Å². The molecule has 1 N–H and O–H groups in total. The van der Waals surface area contributed by atoms with Gasteiger partial charge < -0.3 is 9.67 Å². The first-order valence-corrected chi connectivity index (χ1v) is 11.0. The average Bonchev–Trinajstić information content (AvgIpc) is 3.36. The average molecular weight is 417 g/mol. The summed E-state index contributed by atoms with van der Waals surface area (Å²) >= 11 is 1.68. The summed E-state index contributed by atoms with van der Waals surface area (Å²) in [4.78, 5) is 13.0. The molecule has 0 atom stereocenters. The standard InChI is InChI=1S/C24H24N4OS/c1-16-11-18(17(2)28(16)20-5-3-6-21(29)12-20)14-27-9-8-22-19(15-27)13-25-24(26-22)23-7-4-10-30-23/h3-7,10-13,29H,8-9,14-15H2,1-2H3. The van der Waals surface area contributed by atoms with E-state index in [2.05, 4.69) is 45.8 Å². The second kappa shape index (κ2) is 7.70. The Labute approximate surface area is 180 Å². The van der Waals surface area contributed by atoms with E-state index in [9.17, 15) is 5.11 Å². The maximum Gasteiger partial charge on any atom is 0.169 e. The van der Waals surface area contributed by atoms with E-state index in [1.165, 1.54) is 28.2 Å². The molecule has 3 aromatic heterocycles. The third-order valence-corrected chi connectivity index (χ3v) is 6.64. The van der Waals surface area contributed by atoms with E-state index >= 15 is 0 Å². The van der Waals surface area contributed by atoms with E-state index < -0.39 is 0 Å². The number of rotatable bonds is 4. The number of nitrogens with zero attached hydrogens (tertiary/aromatic N) is 4. The molecule has 1 aliphatic heterocycles. The first-order valence-electron chi connectivity index (χ1n) is 10.2. The molecule has 0 saturated heterocycles. The molecule has 4 heterocycles. The molecule has 5 nitrogen and oxygen atoms in total. The lowest BCUT2D eigenvalue weighted by atomic mass is 10.1. The van der Waals surface area contributed by atoms with Gasteiger partial charge in [0.2, 0.25) is 0 Å². The van der Waals surface area contributed by atoms with Crippen molar-refractivity contribution in [1.82, 2.24) is 19.4 Å². The summed E-state index contributed by atoms with van der Waals surface area (Å²) in [5, 5.41) is 11.9. The number of hydrogen-bond acceptors (Lipinski definition) is 5. The zero-order chi connectivity index (χ0) is 20.7. The number of hydrogen-bond donors (Lipinski definition) is 1. The molecule has 1 aromatic carbocycles. The van der Waals surface area contributed by atoms with Crippen molar-refractivity contribution in [1.29, 1.82) is 0 Å². The molecule has 152 valence electrons. The maximum absolute atomic E-state index is 9.86. The Balaban J connectivity index is 1.36. The largest absolute Gasteiger partial charge is 0.508 e. The van der Waals surface area contributed by atoms with Crippen LogP contribution in [0.15, 0.2) is 54.0 Å². The Morgan fingerprint density at radius 2 is 2.03 bits per heavy atom. The molecule has 0 spiro atoms. The molecule has 6 heteroatoms. The molecule has 0 aliphatic carbocycles. The summed E-state index contributed by atoms with van der Waals surface area (Å²) < 4.78 is 2.21. The zero-order valence-corrected chi connectivity index (χ0v) is 18.0. The van der Waals surface area contributed by atoms with E-state index in [-0.39, 0.29) is 5.75 Å². The van der Waals surface area contributed by atoms with Crippen molar-refractivity contribution in [2.45, 2.75) is 33.4 Å². The smallest absolute Gasteiger partial charge is 0.169 e. The Morgan fingerprint density at radius 1 is 1.13 bits per heavy atom. The number of phenols is 1. The summed E-state index contributed by atoms with van der Waals surface area (Å²) in [6.45, 7) is 7.02. The van der Waals surface area contributed by atoms with Gasteiger partial charge in [-0.3, -0.25) is 4.90 Å². The zero-order valence-electron chi connectivity index (χ0n) is 17.2. The van der Waals surface area contributed by atoms with Crippen molar-refractivity contribution in [2.75, 3.05) is 6.54 Å². The van der Waals surface area contributed by atoms with Gasteiger partial charge in [-0.25, -0.2) is 9.97 Å². The highest BCUT2D eigenvalue weighted by Gasteiger charge is 2.21. The van der Waals surface area contributed by atoms with Crippen molar-refractivity contribution in [3.8, 4) is 22.1 Å². The SMILES string of the molecule is Cc1cc(CN2CCc3nc(-c4cccs4)ncc3C2)c(C)n1-c1cccc(O)c1. The number of fused-ring (bicyclic) bond motifs is 1. The van der Waals surface area contributed by atoms with Gasteiger partial charge in [0.1, 0.15) is 5.75 Å². The minimum absolute atomic E-state index is 0.288. The fourth-order valence-corrected chi connectivity index (χ4v) is 4.96. The molecule has 0 bridgehead atoms. The summed E-state index contributed by atoms with van der Waals surface area (Å²) in [5.74, 6) is 1.13. The minimum Gasteiger partial charge on any atom is -0.508 e. The molecule has 5 rings (SSSR count). The van der Waals surface area contributed by atoms with Gasteiger partial charge in [-0.05, 0) is 49.1 Å². The lowest BCUT2D eigenvalue weighted by molar-refractivity contribution is 0.242. The fraction of sp³-hybridized carbons (Fsp3) is 0.250. The summed E-state index contributed by atoms with van der Waals surface area (Å²) in [6.07, 6.45) is 2.95. The first-order chi connectivity index (χ1) is 14.6. The monoisotopic (exact) mass is 416 g/mol. The van der Waals surface area contributed by atoms with E-state index in [0.29, 0.717) is 0 Å². The number of phenolic OH excluding ortho intramolecular Hbond substituents is 1. The molecular weight excluding hydrogens is 392 g/mol. The van der Waals surface area contributed by atoms with Gasteiger partial charge in [0, 0.05) is 61.0 Å². The third-order valence-electron chi connectivity index (χ3n) is 5.77. The second-order valence-electron chi connectivity index (χ2n) is 7.86. The molecule has 4 aromatic rings. The van der Waals surface area contributed by atoms with Crippen LogP contribution in [0.25, 0.3) is 16.4 Å². The normalized spacial score (nSPS) is 14.1. The Hall–Kier alpha value is -2.96. The molecule has 0 unspecified atom stereocenters. The molecule has 30 heavy (non-hydrogen) atoms. The van der Waals surface area contributed by atoms with Gasteiger partial charge >= 0.3 is 0 Å². The van der Waals surface area contributed by atoms with Crippen LogP contribution in [0.4, 0.5) is 0 Å². The first kappa shape index (κ1) is 19.0. The Morgan fingerprint density at radius 3 is 2.83 bits per heavy atom. The van der Waals surface area contributed by atoms with E-state index in [1.807, 2.05) is 30.5 Å². The van der Waals surface area contributed by atoms with Crippen LogP contribution >= 0.6 is 11.3 Å². The quantitative estimate of drug-likeness (QED) is 0.515. The van der Waals surface area contributed by atoms with Crippen LogP contribution in [0, 0.1) is 13.8 Å². The van der Waals surface area contributed by atoms with Crippen molar-refractivity contribution in [2.24, 2.45) is 0 Å². The van der Waals surface area contributed by atoms with E-state index in [1.54, 1.807) is 17.4 Å². The number of aryl methyl sites for hydroxylation is 1. The number of aromatic nitrogens is 3. The molecule has 1 aliphatic rings. The van der Waals surface area contributed by atoms with Crippen molar-refractivity contribution >= 4 is 11.3 Å². The van der Waals surface area contributed by atoms with Gasteiger partial charge in [0.05, 0.1) is 10.6 Å². The van der Waals surface area contributed by atoms with Crippen LogP contribution in [-0.2, 0) is 19.5 Å². The predicted octanol–water partition coefficient (Wildman–Crippen LogP) is 4.88. The number of aromatic hydroxyl groups is 1. The van der Waals surface area contributed by atoms with Crippen LogP contribution in [0.3, 0.4) is 0 Å². The van der Waals surface area contributed by atoms with Gasteiger partial charge in [-0.1, -0.05) is 12.1 Å². The summed E-state index contributed by atoms with van der Waals surface area (Å²) in [7, 11) is 0. The van der Waals surface area contributed by atoms with E-state index in [4.69, 9.17) is 4.98 Å². The highest BCUT2D eigenvalue weighted by molar-refractivity contribution is 7.13. The predicted molar refractivity (Wildman–Crippen MR) is 120 cm³/mol. The molecule has 0 fully saturated rings. The van der Waals surface area contributed by atoms with E-state index in [0.717, 1.165) is 42.4 Å². The molecule has 0 radical (unpaired) electrons.